The maximum atomic E-state index is 12.7. The molecule has 23 nitrogen and oxygen atoms in total. The zero-order valence-electron chi connectivity index (χ0n) is 27.2. The smallest absolute Gasteiger partial charge is 0.364 e. The van der Waals surface area contributed by atoms with E-state index < -0.39 is 141 Å². The van der Waals surface area contributed by atoms with E-state index in [0.29, 0.717) is 0 Å². The third-order valence-corrected chi connectivity index (χ3v) is 8.75. The summed E-state index contributed by atoms with van der Waals surface area (Å²) in [6.07, 6.45) is -28.1. The fourth-order valence-corrected chi connectivity index (χ4v) is 6.03. The SMILES string of the molecule is CC(=O)N[C@H]1[C@H]([C@H](O)[C@H](O)CO)O[C@@](O[C@@H]2[C@H](O)[C@H](O[C@H]3[C@H](O)[C@H](O)[C@H](Oc4ccc([N+](=O)[O-])cc4)O[C@H]3CO)O[C@@H](CO)[C@@H]2O)(C(=O)O)C[C@H]1O. The second-order valence-electron chi connectivity index (χ2n) is 12.3. The van der Waals surface area contributed by atoms with Crippen LogP contribution in [0.2, 0.25) is 0 Å². The van der Waals surface area contributed by atoms with E-state index in [4.69, 9.17) is 28.4 Å². The van der Waals surface area contributed by atoms with Gasteiger partial charge in [0.2, 0.25) is 12.2 Å². The van der Waals surface area contributed by atoms with Gasteiger partial charge in [0.15, 0.2) is 6.29 Å². The number of amides is 1. The fraction of sp³-hybridized carbons (Fsp3) is 0.724. The van der Waals surface area contributed by atoms with Gasteiger partial charge in [0.1, 0.15) is 72.9 Å². The molecule has 0 radical (unpaired) electrons. The molecule has 3 saturated heterocycles. The lowest BCUT2D eigenvalue weighted by Gasteiger charge is -2.50. The normalized spacial score (nSPS) is 39.2. The summed E-state index contributed by atoms with van der Waals surface area (Å²) < 4.78 is 33.3. The number of non-ortho nitro benzene ring substituents is 1. The first kappa shape index (κ1) is 41.5. The first-order valence-corrected chi connectivity index (χ1v) is 15.8. The Morgan fingerprint density at radius 1 is 0.942 bits per heavy atom. The Morgan fingerprint density at radius 2 is 1.56 bits per heavy atom. The molecule has 4 rings (SSSR count). The molecule has 52 heavy (non-hydrogen) atoms. The Hall–Kier alpha value is -3.24. The number of carboxylic acid groups (broad SMARTS) is 1. The van der Waals surface area contributed by atoms with Crippen LogP contribution in [0.15, 0.2) is 24.3 Å². The number of ether oxygens (including phenoxy) is 6. The predicted molar refractivity (Wildman–Crippen MR) is 162 cm³/mol. The summed E-state index contributed by atoms with van der Waals surface area (Å²) >= 11 is 0. The van der Waals surface area contributed by atoms with Crippen LogP contribution in [0.25, 0.3) is 0 Å². The summed E-state index contributed by atoms with van der Waals surface area (Å²) in [4.78, 5) is 34.8. The van der Waals surface area contributed by atoms with Crippen LogP contribution in [-0.4, -0.2) is 190 Å². The summed E-state index contributed by atoms with van der Waals surface area (Å²) in [6.45, 7) is -1.95. The van der Waals surface area contributed by atoms with Crippen molar-refractivity contribution in [3.05, 3.63) is 34.4 Å². The van der Waals surface area contributed by atoms with Crippen molar-refractivity contribution < 1.29 is 99.1 Å². The van der Waals surface area contributed by atoms with E-state index >= 15 is 0 Å². The van der Waals surface area contributed by atoms with Crippen LogP contribution in [-0.2, 0) is 33.3 Å². The molecule has 16 atom stereocenters. The lowest BCUT2D eigenvalue weighted by Crippen LogP contribution is -2.71. The maximum Gasteiger partial charge on any atom is 0.364 e. The van der Waals surface area contributed by atoms with Crippen molar-refractivity contribution in [3.63, 3.8) is 0 Å². The van der Waals surface area contributed by atoms with E-state index in [-0.39, 0.29) is 11.4 Å². The van der Waals surface area contributed by atoms with Crippen LogP contribution in [0.4, 0.5) is 5.69 Å². The van der Waals surface area contributed by atoms with Gasteiger partial charge in [0.25, 0.3) is 11.5 Å². The summed E-state index contributed by atoms with van der Waals surface area (Å²) in [5, 5.41) is 129. The molecule has 3 aliphatic rings. The van der Waals surface area contributed by atoms with Crippen molar-refractivity contribution in [2.24, 2.45) is 0 Å². The van der Waals surface area contributed by atoms with Crippen LogP contribution in [0.1, 0.15) is 13.3 Å². The molecule has 1 aromatic carbocycles. The number of rotatable bonds is 14. The lowest BCUT2D eigenvalue weighted by atomic mass is 9.88. The minimum Gasteiger partial charge on any atom is -0.477 e. The number of carbonyl (C=O) groups is 2. The molecular formula is C29H42N2O21. The van der Waals surface area contributed by atoms with E-state index in [1.54, 1.807) is 0 Å². The van der Waals surface area contributed by atoms with Crippen LogP contribution in [0.5, 0.6) is 5.75 Å². The van der Waals surface area contributed by atoms with Crippen molar-refractivity contribution >= 4 is 17.6 Å². The highest BCUT2D eigenvalue weighted by Gasteiger charge is 2.60. The minimum atomic E-state index is -3.07. The van der Waals surface area contributed by atoms with Gasteiger partial charge in [0, 0.05) is 25.5 Å². The van der Waals surface area contributed by atoms with Gasteiger partial charge in [-0.15, -0.1) is 0 Å². The molecule has 294 valence electrons. The Morgan fingerprint density at radius 3 is 2.10 bits per heavy atom. The number of hydrogen-bond acceptors (Lipinski definition) is 20. The number of aliphatic hydroxyl groups excluding tert-OH is 10. The Balaban J connectivity index is 1.57. The molecule has 3 aliphatic heterocycles. The van der Waals surface area contributed by atoms with Gasteiger partial charge >= 0.3 is 5.97 Å². The zero-order chi connectivity index (χ0) is 38.7. The Kier molecular flexibility index (Phi) is 13.8. The molecule has 1 amide bonds. The third-order valence-electron chi connectivity index (χ3n) is 8.75. The molecule has 0 bridgehead atoms. The molecule has 0 aliphatic carbocycles. The van der Waals surface area contributed by atoms with Gasteiger partial charge in [-0.1, -0.05) is 0 Å². The number of aliphatic carboxylic acids is 1. The average Bonchev–Trinajstić information content (AvgIpc) is 3.11. The largest absolute Gasteiger partial charge is 0.477 e. The number of nitro groups is 1. The molecule has 3 fully saturated rings. The van der Waals surface area contributed by atoms with Crippen molar-refractivity contribution in [2.45, 2.75) is 111 Å². The van der Waals surface area contributed by atoms with Gasteiger partial charge in [-0.05, 0) is 12.1 Å². The molecule has 12 N–H and O–H groups in total. The Labute approximate surface area is 293 Å². The van der Waals surface area contributed by atoms with Crippen LogP contribution in [0.3, 0.4) is 0 Å². The fourth-order valence-electron chi connectivity index (χ4n) is 6.03. The summed E-state index contributed by atoms with van der Waals surface area (Å²) in [6, 6.07) is 2.98. The third kappa shape index (κ3) is 8.75. The highest BCUT2D eigenvalue weighted by Crippen LogP contribution is 2.38. The van der Waals surface area contributed by atoms with Crippen molar-refractivity contribution in [1.29, 1.82) is 0 Å². The van der Waals surface area contributed by atoms with E-state index in [2.05, 4.69) is 5.32 Å². The topological polar surface area (TPSA) is 367 Å². The average molecular weight is 755 g/mol. The number of benzene rings is 1. The minimum absolute atomic E-state index is 0.0323. The molecule has 23 heteroatoms. The van der Waals surface area contributed by atoms with Gasteiger partial charge in [-0.2, -0.15) is 0 Å². The van der Waals surface area contributed by atoms with Gasteiger partial charge in [-0.25, -0.2) is 4.79 Å². The quantitative estimate of drug-likeness (QED) is 0.0621. The number of nitrogens with one attached hydrogen (secondary N) is 1. The van der Waals surface area contributed by atoms with E-state index in [0.717, 1.165) is 19.1 Å². The first-order valence-electron chi connectivity index (χ1n) is 15.8. The van der Waals surface area contributed by atoms with Crippen LogP contribution in [0, 0.1) is 10.1 Å². The number of hydrogen-bond donors (Lipinski definition) is 12. The monoisotopic (exact) mass is 754 g/mol. The first-order chi connectivity index (χ1) is 24.5. The standard InChI is InChI=1S/C29H42N2O21/c1-10(35)30-17-13(36)6-29(28(43)44,51-24(17)18(38)14(37)7-32)52-25-19(39)15(8-33)48-27(22(25)42)50-23-16(9-34)49-26(21(41)20(23)40)47-12-4-2-11(3-5-12)31(45)46/h2-5,13-27,32-34,36-42H,6-9H2,1H3,(H,30,35)(H,43,44)/t13-,14-,15+,16+,17-,18-,19+,20-,21+,22+,23-,24-,25+,26-,27+,29+/m1/s1. The van der Waals surface area contributed by atoms with Crippen LogP contribution >= 0.6 is 0 Å². The van der Waals surface area contributed by atoms with E-state index in [9.17, 15) is 75.9 Å². The summed E-state index contributed by atoms with van der Waals surface area (Å²) in [5.41, 5.74) is -0.272. The number of nitro benzene ring substituents is 1. The summed E-state index contributed by atoms with van der Waals surface area (Å²) in [5.74, 6) is -5.86. The number of aliphatic hydroxyl groups is 10. The van der Waals surface area contributed by atoms with E-state index in [1.807, 2.05) is 0 Å². The summed E-state index contributed by atoms with van der Waals surface area (Å²) in [7, 11) is 0. The molecule has 3 heterocycles. The second kappa shape index (κ2) is 17.3. The molecule has 0 saturated carbocycles. The van der Waals surface area contributed by atoms with E-state index in [1.165, 1.54) is 12.1 Å². The van der Waals surface area contributed by atoms with Crippen molar-refractivity contribution in [1.82, 2.24) is 5.32 Å². The second-order valence-corrected chi connectivity index (χ2v) is 12.3. The predicted octanol–water partition coefficient (Wildman–Crippen LogP) is -6.23. The Bertz CT molecular complexity index is 1370. The molecule has 0 aromatic heterocycles. The molecule has 0 spiro atoms. The zero-order valence-corrected chi connectivity index (χ0v) is 27.2. The molecule has 0 unspecified atom stereocenters. The van der Waals surface area contributed by atoms with Gasteiger partial charge in [-0.3, -0.25) is 14.9 Å². The van der Waals surface area contributed by atoms with Crippen molar-refractivity contribution in [2.75, 3.05) is 19.8 Å². The van der Waals surface area contributed by atoms with Crippen molar-refractivity contribution in [3.8, 4) is 5.75 Å². The van der Waals surface area contributed by atoms with Gasteiger partial charge < -0.3 is 89.9 Å². The molecular weight excluding hydrogens is 712 g/mol. The lowest BCUT2D eigenvalue weighted by molar-refractivity contribution is -0.385. The maximum absolute atomic E-state index is 12.7. The number of carboxylic acids is 1. The number of carbonyl (C=O) groups excluding carboxylic acids is 1. The van der Waals surface area contributed by atoms with Crippen LogP contribution < -0.4 is 10.1 Å². The highest BCUT2D eigenvalue weighted by molar-refractivity contribution is 5.76. The number of nitrogens with zero attached hydrogens (tertiary/aromatic N) is 1. The van der Waals surface area contributed by atoms with Gasteiger partial charge in [0.05, 0.1) is 36.9 Å². The molecule has 1 aromatic rings. The highest BCUT2D eigenvalue weighted by atomic mass is 16.8.